The standard InChI is InChI=1S/C21H24N4O4/c26-18-21(24-19(27)23-18)8-6-14(7-9-21)16-22-17(25-29-16)20(10-12-28-13-11-20)15-4-2-1-3-5-15/h1-5,14H,6-13H2,(H2,23,24,26,27). The van der Waals surface area contributed by atoms with Gasteiger partial charge in [0, 0.05) is 19.1 Å². The maximum atomic E-state index is 12.2. The largest absolute Gasteiger partial charge is 0.381 e. The summed E-state index contributed by atoms with van der Waals surface area (Å²) in [6.45, 7) is 1.33. The SMILES string of the molecule is O=C1NC(=O)C2(CCC(c3nc(C4(c5ccccc5)CCOCC4)no3)CC2)N1. The van der Waals surface area contributed by atoms with Crippen molar-refractivity contribution in [2.24, 2.45) is 0 Å². The molecule has 152 valence electrons. The average Bonchev–Trinajstić information content (AvgIpc) is 3.35. The first kappa shape index (κ1) is 18.3. The number of ether oxygens (including phenoxy) is 1. The van der Waals surface area contributed by atoms with E-state index in [-0.39, 0.29) is 17.2 Å². The topological polar surface area (TPSA) is 106 Å². The van der Waals surface area contributed by atoms with E-state index in [1.807, 2.05) is 18.2 Å². The number of carbonyl (C=O) groups excluding carboxylic acids is 2. The number of hydrogen-bond acceptors (Lipinski definition) is 6. The number of hydrogen-bond donors (Lipinski definition) is 2. The Labute approximate surface area is 168 Å². The number of amides is 3. The molecule has 1 aromatic carbocycles. The first-order chi connectivity index (χ1) is 14.1. The Morgan fingerprint density at radius 3 is 2.38 bits per heavy atom. The van der Waals surface area contributed by atoms with Crippen molar-refractivity contribution in [3.8, 4) is 0 Å². The van der Waals surface area contributed by atoms with Crippen LogP contribution in [-0.2, 0) is 14.9 Å². The highest BCUT2D eigenvalue weighted by Crippen LogP contribution is 2.42. The fraction of sp³-hybridized carbons (Fsp3) is 0.524. The molecular weight excluding hydrogens is 372 g/mol. The van der Waals surface area contributed by atoms with Crippen LogP contribution in [0.2, 0.25) is 0 Å². The van der Waals surface area contributed by atoms with Crippen molar-refractivity contribution in [3.63, 3.8) is 0 Å². The van der Waals surface area contributed by atoms with Crippen molar-refractivity contribution in [3.05, 3.63) is 47.6 Å². The van der Waals surface area contributed by atoms with Crippen LogP contribution >= 0.6 is 0 Å². The molecule has 3 heterocycles. The summed E-state index contributed by atoms with van der Waals surface area (Å²) in [6, 6.07) is 9.91. The first-order valence-electron chi connectivity index (χ1n) is 10.2. The molecule has 0 atom stereocenters. The molecule has 8 heteroatoms. The third-order valence-corrected chi connectivity index (χ3v) is 6.75. The molecule has 3 aliphatic rings. The van der Waals surface area contributed by atoms with Gasteiger partial charge in [-0.05, 0) is 44.1 Å². The summed E-state index contributed by atoms with van der Waals surface area (Å²) in [6.07, 6.45) is 4.22. The minimum absolute atomic E-state index is 0.0971. The minimum atomic E-state index is -0.775. The molecule has 1 saturated carbocycles. The van der Waals surface area contributed by atoms with Crippen LogP contribution in [0, 0.1) is 0 Å². The van der Waals surface area contributed by atoms with Crippen LogP contribution in [0.1, 0.15) is 61.7 Å². The highest BCUT2D eigenvalue weighted by molar-refractivity contribution is 6.07. The Hall–Kier alpha value is -2.74. The monoisotopic (exact) mass is 396 g/mol. The average molecular weight is 396 g/mol. The van der Waals surface area contributed by atoms with Gasteiger partial charge in [0.15, 0.2) is 5.82 Å². The molecule has 3 amide bonds. The molecule has 1 spiro atoms. The van der Waals surface area contributed by atoms with Crippen LogP contribution < -0.4 is 10.6 Å². The van der Waals surface area contributed by atoms with Crippen LogP contribution in [0.15, 0.2) is 34.9 Å². The Morgan fingerprint density at radius 1 is 1.00 bits per heavy atom. The van der Waals surface area contributed by atoms with E-state index in [0.29, 0.717) is 37.8 Å². The summed E-state index contributed by atoms with van der Waals surface area (Å²) in [5.74, 6) is 1.22. The highest BCUT2D eigenvalue weighted by Gasteiger charge is 2.49. The second-order valence-electron chi connectivity index (χ2n) is 8.28. The molecule has 5 rings (SSSR count). The van der Waals surface area contributed by atoms with Crippen LogP contribution in [0.5, 0.6) is 0 Å². The molecule has 2 aromatic rings. The molecule has 2 saturated heterocycles. The minimum Gasteiger partial charge on any atom is -0.381 e. The van der Waals surface area contributed by atoms with E-state index < -0.39 is 11.6 Å². The number of urea groups is 1. The van der Waals surface area contributed by atoms with Crippen LogP contribution in [-0.4, -0.2) is 40.8 Å². The number of nitrogens with one attached hydrogen (secondary N) is 2. The number of carbonyl (C=O) groups is 2. The smallest absolute Gasteiger partial charge is 0.322 e. The van der Waals surface area contributed by atoms with E-state index in [9.17, 15) is 9.59 Å². The van der Waals surface area contributed by atoms with Gasteiger partial charge in [-0.3, -0.25) is 10.1 Å². The summed E-state index contributed by atoms with van der Waals surface area (Å²) in [5.41, 5.74) is 0.113. The van der Waals surface area contributed by atoms with E-state index in [1.165, 1.54) is 5.56 Å². The van der Waals surface area contributed by atoms with E-state index >= 15 is 0 Å². The zero-order valence-corrected chi connectivity index (χ0v) is 16.1. The van der Waals surface area contributed by atoms with Crippen molar-refractivity contribution in [1.82, 2.24) is 20.8 Å². The number of aromatic nitrogens is 2. The van der Waals surface area contributed by atoms with E-state index in [4.69, 9.17) is 14.2 Å². The number of nitrogens with zero attached hydrogens (tertiary/aromatic N) is 2. The Bertz CT molecular complexity index is 912. The van der Waals surface area contributed by atoms with Gasteiger partial charge in [0.25, 0.3) is 5.91 Å². The third kappa shape index (κ3) is 3.02. The van der Waals surface area contributed by atoms with Crippen LogP contribution in [0.25, 0.3) is 0 Å². The lowest BCUT2D eigenvalue weighted by atomic mass is 9.73. The summed E-state index contributed by atoms with van der Waals surface area (Å²) in [7, 11) is 0. The predicted octanol–water partition coefficient (Wildman–Crippen LogP) is 2.40. The normalized spacial score (nSPS) is 28.9. The molecule has 3 fully saturated rings. The molecule has 0 unspecified atom stereocenters. The summed E-state index contributed by atoms with van der Waals surface area (Å²) in [5, 5.41) is 9.53. The zero-order chi connectivity index (χ0) is 19.9. The van der Waals surface area contributed by atoms with E-state index in [2.05, 4.69) is 27.9 Å². The van der Waals surface area contributed by atoms with Gasteiger partial charge in [0.2, 0.25) is 5.89 Å². The van der Waals surface area contributed by atoms with E-state index in [0.717, 1.165) is 25.7 Å². The lowest BCUT2D eigenvalue weighted by Gasteiger charge is -2.35. The fourth-order valence-corrected chi connectivity index (χ4v) is 4.95. The second-order valence-corrected chi connectivity index (χ2v) is 8.28. The predicted molar refractivity (Wildman–Crippen MR) is 102 cm³/mol. The third-order valence-electron chi connectivity index (χ3n) is 6.75. The van der Waals surface area contributed by atoms with Gasteiger partial charge in [0.05, 0.1) is 5.41 Å². The van der Waals surface area contributed by atoms with Gasteiger partial charge in [0.1, 0.15) is 5.54 Å². The maximum Gasteiger partial charge on any atom is 0.322 e. The Kier molecular flexibility index (Phi) is 4.38. The van der Waals surface area contributed by atoms with Crippen molar-refractivity contribution < 1.29 is 18.8 Å². The van der Waals surface area contributed by atoms with Crippen LogP contribution in [0.3, 0.4) is 0 Å². The molecule has 0 radical (unpaired) electrons. The van der Waals surface area contributed by atoms with Crippen molar-refractivity contribution in [1.29, 1.82) is 0 Å². The molecule has 8 nitrogen and oxygen atoms in total. The van der Waals surface area contributed by atoms with Crippen molar-refractivity contribution >= 4 is 11.9 Å². The summed E-state index contributed by atoms with van der Waals surface area (Å²) in [4.78, 5) is 28.5. The summed E-state index contributed by atoms with van der Waals surface area (Å²) >= 11 is 0. The number of imide groups is 1. The number of benzene rings is 1. The lowest BCUT2D eigenvalue weighted by Crippen LogP contribution is -2.49. The fourth-order valence-electron chi connectivity index (χ4n) is 4.95. The molecule has 2 aliphatic heterocycles. The van der Waals surface area contributed by atoms with E-state index in [1.54, 1.807) is 0 Å². The van der Waals surface area contributed by atoms with Crippen molar-refractivity contribution in [2.75, 3.05) is 13.2 Å². The Balaban J connectivity index is 1.38. The zero-order valence-electron chi connectivity index (χ0n) is 16.1. The lowest BCUT2D eigenvalue weighted by molar-refractivity contribution is -0.125. The molecular formula is C21H24N4O4. The van der Waals surface area contributed by atoms with Gasteiger partial charge >= 0.3 is 6.03 Å². The van der Waals surface area contributed by atoms with Crippen LogP contribution in [0.4, 0.5) is 4.79 Å². The van der Waals surface area contributed by atoms with Gasteiger partial charge in [-0.2, -0.15) is 4.98 Å². The molecule has 1 aromatic heterocycles. The molecule has 29 heavy (non-hydrogen) atoms. The number of rotatable bonds is 3. The second kappa shape index (κ2) is 6.95. The molecule has 1 aliphatic carbocycles. The first-order valence-corrected chi connectivity index (χ1v) is 10.2. The highest BCUT2D eigenvalue weighted by atomic mass is 16.5. The summed E-state index contributed by atoms with van der Waals surface area (Å²) < 4.78 is 11.3. The molecule has 0 bridgehead atoms. The van der Waals surface area contributed by atoms with Gasteiger partial charge < -0.3 is 14.6 Å². The van der Waals surface area contributed by atoms with Gasteiger partial charge in [-0.15, -0.1) is 0 Å². The van der Waals surface area contributed by atoms with Crippen molar-refractivity contribution in [2.45, 2.75) is 55.4 Å². The Morgan fingerprint density at radius 2 is 1.72 bits per heavy atom. The maximum absolute atomic E-state index is 12.2. The quantitative estimate of drug-likeness (QED) is 0.772. The molecule has 2 N–H and O–H groups in total. The van der Waals surface area contributed by atoms with Gasteiger partial charge in [-0.25, -0.2) is 4.79 Å². The van der Waals surface area contributed by atoms with Gasteiger partial charge in [-0.1, -0.05) is 35.5 Å².